The molecule has 6 nitrogen and oxygen atoms in total. The largest absolute Gasteiger partial charge is 0.271 e. The molecule has 3 N–H and O–H groups in total. The molecule has 0 bridgehead atoms. The Morgan fingerprint density at radius 1 is 1.33 bits per heavy atom. The van der Waals surface area contributed by atoms with E-state index >= 15 is 0 Å². The molecule has 0 spiro atoms. The maximum absolute atomic E-state index is 5.65. The number of hydrogen-bond donors (Lipinski definition) is 2. The summed E-state index contributed by atoms with van der Waals surface area (Å²) in [6.07, 6.45) is 10.1. The van der Waals surface area contributed by atoms with Gasteiger partial charge in [-0.05, 0) is 17.6 Å². The Balaban J connectivity index is 1.84. The second-order valence-corrected chi connectivity index (χ2v) is 5.36. The highest BCUT2D eigenvalue weighted by Gasteiger charge is 2.19. The van der Waals surface area contributed by atoms with Crippen LogP contribution in [0.4, 0.5) is 0 Å². The first-order chi connectivity index (χ1) is 8.78. The van der Waals surface area contributed by atoms with Crippen molar-refractivity contribution in [1.29, 1.82) is 0 Å². The van der Waals surface area contributed by atoms with Gasteiger partial charge < -0.3 is 0 Å². The topological polar surface area (TPSA) is 81.7 Å². The number of tetrazole rings is 1. The van der Waals surface area contributed by atoms with E-state index in [1.165, 1.54) is 43.3 Å². The van der Waals surface area contributed by atoms with Gasteiger partial charge in [-0.2, -0.15) is 4.80 Å². The minimum atomic E-state index is 0.261. The molecule has 0 aromatic carbocycles. The fraction of sp³-hybridized carbons (Fsp3) is 0.917. The molecule has 1 aromatic heterocycles. The predicted octanol–water partition coefficient (Wildman–Crippen LogP) is 0.945. The number of aryl methyl sites for hydroxylation is 1. The zero-order chi connectivity index (χ0) is 12.8. The summed E-state index contributed by atoms with van der Waals surface area (Å²) in [7, 11) is 1.78. The van der Waals surface area contributed by atoms with E-state index in [4.69, 9.17) is 5.84 Å². The lowest BCUT2D eigenvalue weighted by molar-refractivity contribution is 0.349. The molecule has 1 unspecified atom stereocenters. The average Bonchev–Trinajstić information content (AvgIpc) is 2.63. The van der Waals surface area contributed by atoms with Gasteiger partial charge >= 0.3 is 0 Å². The minimum absolute atomic E-state index is 0.261. The Hall–Kier alpha value is -1.01. The molecule has 1 saturated carbocycles. The number of nitrogens with one attached hydrogen (secondary N) is 1. The predicted molar refractivity (Wildman–Crippen MR) is 69.4 cm³/mol. The molecule has 1 atom stereocenters. The van der Waals surface area contributed by atoms with Crippen molar-refractivity contribution in [3.8, 4) is 0 Å². The molecule has 1 aromatic rings. The Morgan fingerprint density at radius 3 is 2.61 bits per heavy atom. The van der Waals surface area contributed by atoms with Crippen LogP contribution in [0, 0.1) is 5.92 Å². The maximum atomic E-state index is 5.65. The normalized spacial score (nSPS) is 19.7. The molecule has 2 rings (SSSR count). The first-order valence-electron chi connectivity index (χ1n) is 6.97. The van der Waals surface area contributed by atoms with Crippen molar-refractivity contribution in [1.82, 2.24) is 25.6 Å². The quantitative estimate of drug-likeness (QED) is 0.463. The molecular weight excluding hydrogens is 228 g/mol. The summed E-state index contributed by atoms with van der Waals surface area (Å²) in [5.74, 6) is 7.22. The van der Waals surface area contributed by atoms with Gasteiger partial charge in [-0.1, -0.05) is 38.5 Å². The lowest BCUT2D eigenvalue weighted by Gasteiger charge is -2.20. The second kappa shape index (κ2) is 6.80. The van der Waals surface area contributed by atoms with E-state index in [1.54, 1.807) is 7.05 Å². The number of hydrogen-bond acceptors (Lipinski definition) is 5. The zero-order valence-corrected chi connectivity index (χ0v) is 11.2. The van der Waals surface area contributed by atoms with Gasteiger partial charge in [0.05, 0.1) is 7.05 Å². The standard InChI is InChI=1S/C12H24N6/c1-18-16-12(15-17-18)9-11(14-13)8-10-6-4-2-3-5-7-10/h10-11,14H,2-9,13H2,1H3. The Morgan fingerprint density at radius 2 is 2.06 bits per heavy atom. The van der Waals surface area contributed by atoms with E-state index in [2.05, 4.69) is 20.8 Å². The third-order valence-electron chi connectivity index (χ3n) is 3.81. The summed E-state index contributed by atoms with van der Waals surface area (Å²) in [5, 5.41) is 12.1. The molecule has 102 valence electrons. The second-order valence-electron chi connectivity index (χ2n) is 5.36. The Bertz CT molecular complexity index is 342. The number of nitrogens with two attached hydrogens (primary N) is 1. The van der Waals surface area contributed by atoms with Gasteiger partial charge in [-0.15, -0.1) is 10.2 Å². The highest BCUT2D eigenvalue weighted by molar-refractivity contribution is 4.85. The van der Waals surface area contributed by atoms with E-state index in [-0.39, 0.29) is 6.04 Å². The molecular formula is C12H24N6. The van der Waals surface area contributed by atoms with Crippen molar-refractivity contribution in [3.63, 3.8) is 0 Å². The first kappa shape index (κ1) is 13.4. The Kier molecular flexibility index (Phi) is 5.07. The number of rotatable bonds is 5. The summed E-state index contributed by atoms with van der Waals surface area (Å²) in [6.45, 7) is 0. The summed E-state index contributed by atoms with van der Waals surface area (Å²) in [4.78, 5) is 1.49. The van der Waals surface area contributed by atoms with Crippen LogP contribution < -0.4 is 11.3 Å². The first-order valence-corrected chi connectivity index (χ1v) is 6.97. The van der Waals surface area contributed by atoms with Crippen molar-refractivity contribution in [2.24, 2.45) is 18.8 Å². The van der Waals surface area contributed by atoms with Crippen LogP contribution in [-0.4, -0.2) is 26.2 Å². The highest BCUT2D eigenvalue weighted by Crippen LogP contribution is 2.26. The minimum Gasteiger partial charge on any atom is -0.271 e. The van der Waals surface area contributed by atoms with Crippen molar-refractivity contribution >= 4 is 0 Å². The van der Waals surface area contributed by atoms with Crippen molar-refractivity contribution < 1.29 is 0 Å². The monoisotopic (exact) mass is 252 g/mol. The van der Waals surface area contributed by atoms with Gasteiger partial charge in [0.1, 0.15) is 0 Å². The van der Waals surface area contributed by atoms with Crippen LogP contribution in [0.15, 0.2) is 0 Å². The van der Waals surface area contributed by atoms with E-state index in [0.29, 0.717) is 0 Å². The zero-order valence-electron chi connectivity index (χ0n) is 11.2. The molecule has 18 heavy (non-hydrogen) atoms. The third kappa shape index (κ3) is 4.03. The maximum Gasteiger partial charge on any atom is 0.176 e. The van der Waals surface area contributed by atoms with E-state index < -0.39 is 0 Å². The van der Waals surface area contributed by atoms with E-state index in [0.717, 1.165) is 24.6 Å². The van der Waals surface area contributed by atoms with Crippen molar-refractivity contribution in [3.05, 3.63) is 5.82 Å². The molecule has 1 heterocycles. The van der Waals surface area contributed by atoms with Crippen LogP contribution in [0.5, 0.6) is 0 Å². The van der Waals surface area contributed by atoms with Gasteiger partial charge in [-0.3, -0.25) is 11.3 Å². The number of hydrazine groups is 1. The lowest BCUT2D eigenvalue weighted by Crippen LogP contribution is -2.38. The van der Waals surface area contributed by atoms with Gasteiger partial charge in [0, 0.05) is 12.5 Å². The van der Waals surface area contributed by atoms with Crippen LogP contribution in [0.3, 0.4) is 0 Å². The fourth-order valence-electron chi connectivity index (χ4n) is 2.84. The molecule has 0 saturated heterocycles. The van der Waals surface area contributed by atoms with Crippen molar-refractivity contribution in [2.75, 3.05) is 0 Å². The molecule has 0 amide bonds. The smallest absolute Gasteiger partial charge is 0.176 e. The highest BCUT2D eigenvalue weighted by atomic mass is 15.6. The average molecular weight is 252 g/mol. The van der Waals surface area contributed by atoms with Gasteiger partial charge in [0.25, 0.3) is 0 Å². The fourth-order valence-corrected chi connectivity index (χ4v) is 2.84. The summed E-state index contributed by atoms with van der Waals surface area (Å²) in [5.41, 5.74) is 2.91. The van der Waals surface area contributed by atoms with Crippen LogP contribution in [0.25, 0.3) is 0 Å². The molecule has 6 heteroatoms. The molecule has 0 radical (unpaired) electrons. The van der Waals surface area contributed by atoms with Crippen molar-refractivity contribution in [2.45, 2.75) is 57.4 Å². The van der Waals surface area contributed by atoms with Gasteiger partial charge in [-0.25, -0.2) is 0 Å². The van der Waals surface area contributed by atoms with E-state index in [9.17, 15) is 0 Å². The van der Waals surface area contributed by atoms with Gasteiger partial charge in [0.2, 0.25) is 0 Å². The molecule has 0 aliphatic heterocycles. The molecule has 1 aliphatic carbocycles. The van der Waals surface area contributed by atoms with Crippen LogP contribution >= 0.6 is 0 Å². The van der Waals surface area contributed by atoms with Crippen LogP contribution in [-0.2, 0) is 13.5 Å². The summed E-state index contributed by atoms with van der Waals surface area (Å²) < 4.78 is 0. The number of aromatic nitrogens is 4. The molecule has 1 fully saturated rings. The summed E-state index contributed by atoms with van der Waals surface area (Å²) in [6, 6.07) is 0.261. The number of nitrogens with zero attached hydrogens (tertiary/aromatic N) is 4. The van der Waals surface area contributed by atoms with E-state index in [1.807, 2.05) is 0 Å². The summed E-state index contributed by atoms with van der Waals surface area (Å²) >= 11 is 0. The Labute approximate surface area is 108 Å². The SMILES string of the molecule is Cn1nnc(CC(CC2CCCCCC2)NN)n1. The lowest BCUT2D eigenvalue weighted by atomic mass is 9.91. The third-order valence-corrected chi connectivity index (χ3v) is 3.81. The van der Waals surface area contributed by atoms with Gasteiger partial charge in [0.15, 0.2) is 5.82 Å². The molecule has 1 aliphatic rings. The van der Waals surface area contributed by atoms with Crippen LogP contribution in [0.1, 0.15) is 50.8 Å². The van der Waals surface area contributed by atoms with Crippen LogP contribution in [0.2, 0.25) is 0 Å².